The van der Waals surface area contributed by atoms with Crippen LogP contribution in [0.5, 0.6) is 0 Å². The largest absolute Gasteiger partial charge is 0.336 e. The van der Waals surface area contributed by atoms with E-state index < -0.39 is 0 Å². The van der Waals surface area contributed by atoms with Crippen molar-refractivity contribution in [2.45, 2.75) is 70.0 Å². The van der Waals surface area contributed by atoms with Crippen LogP contribution in [0.1, 0.15) is 73.7 Å². The maximum absolute atomic E-state index is 13.0. The summed E-state index contributed by atoms with van der Waals surface area (Å²) in [7, 11) is 0. The second-order valence-corrected chi connectivity index (χ2v) is 7.81. The fourth-order valence-corrected chi connectivity index (χ4v) is 4.40. The summed E-state index contributed by atoms with van der Waals surface area (Å²) in [4.78, 5) is 19.4. The molecular weight excluding hydrogens is 342 g/mol. The molecule has 2 aliphatic rings. The minimum absolute atomic E-state index is 0.0203. The van der Waals surface area contributed by atoms with E-state index >= 15 is 0 Å². The highest BCUT2D eigenvalue weighted by Crippen LogP contribution is 2.28. The standard InChI is InChI=1S/C19H29N7O/c1-2-24-11-9-21-18(24)14-4-3-10-25(12-14)19(27)17-13-26(23-22-17)16-7-5-15(20)6-8-16/h9,11,13-16H,2-8,10,12,20H2,1H3/t14-,15?,16?/m0/s1. The number of nitrogens with zero attached hydrogens (tertiary/aromatic N) is 6. The predicted octanol–water partition coefficient (Wildman–Crippen LogP) is 1.96. The molecule has 1 saturated carbocycles. The molecule has 3 heterocycles. The maximum Gasteiger partial charge on any atom is 0.276 e. The molecule has 27 heavy (non-hydrogen) atoms. The van der Waals surface area contributed by atoms with Gasteiger partial charge in [-0.3, -0.25) is 4.79 Å². The van der Waals surface area contributed by atoms with Crippen molar-refractivity contribution in [3.8, 4) is 0 Å². The number of piperidine rings is 1. The molecule has 1 amide bonds. The summed E-state index contributed by atoms with van der Waals surface area (Å²) in [6, 6.07) is 0.608. The van der Waals surface area contributed by atoms with Crippen LogP contribution in [0.25, 0.3) is 0 Å². The van der Waals surface area contributed by atoms with Crippen LogP contribution < -0.4 is 5.73 Å². The van der Waals surface area contributed by atoms with Crippen molar-refractivity contribution in [3.05, 3.63) is 30.1 Å². The molecule has 2 N–H and O–H groups in total. The van der Waals surface area contributed by atoms with Gasteiger partial charge >= 0.3 is 0 Å². The van der Waals surface area contributed by atoms with Gasteiger partial charge in [-0.2, -0.15) is 0 Å². The number of nitrogens with two attached hydrogens (primary N) is 1. The van der Waals surface area contributed by atoms with Crippen LogP contribution in [0.3, 0.4) is 0 Å². The smallest absolute Gasteiger partial charge is 0.276 e. The zero-order chi connectivity index (χ0) is 18.8. The maximum atomic E-state index is 13.0. The molecule has 2 fully saturated rings. The summed E-state index contributed by atoms with van der Waals surface area (Å²) in [5.74, 6) is 1.35. The van der Waals surface area contributed by atoms with Crippen LogP contribution in [-0.4, -0.2) is 54.5 Å². The van der Waals surface area contributed by atoms with Crippen molar-refractivity contribution in [3.63, 3.8) is 0 Å². The van der Waals surface area contributed by atoms with E-state index in [4.69, 9.17) is 5.73 Å². The molecule has 0 aromatic carbocycles. The third-order valence-corrected chi connectivity index (χ3v) is 6.01. The highest BCUT2D eigenvalue weighted by Gasteiger charge is 2.30. The number of aryl methyl sites for hydroxylation is 1. The van der Waals surface area contributed by atoms with E-state index in [-0.39, 0.29) is 11.8 Å². The highest BCUT2D eigenvalue weighted by molar-refractivity contribution is 5.92. The Balaban J connectivity index is 1.43. The molecule has 146 valence electrons. The summed E-state index contributed by atoms with van der Waals surface area (Å²) in [5, 5.41) is 8.42. The van der Waals surface area contributed by atoms with E-state index in [9.17, 15) is 4.79 Å². The Kier molecular flexibility index (Phi) is 5.24. The van der Waals surface area contributed by atoms with Crippen molar-refractivity contribution >= 4 is 5.91 Å². The predicted molar refractivity (Wildman–Crippen MR) is 101 cm³/mol. The fourth-order valence-electron chi connectivity index (χ4n) is 4.40. The van der Waals surface area contributed by atoms with Crippen molar-refractivity contribution < 1.29 is 4.79 Å². The number of rotatable bonds is 4. The molecule has 0 bridgehead atoms. The first-order valence-corrected chi connectivity index (χ1v) is 10.1. The Labute approximate surface area is 159 Å². The van der Waals surface area contributed by atoms with E-state index in [2.05, 4.69) is 26.8 Å². The van der Waals surface area contributed by atoms with Crippen molar-refractivity contribution in [1.29, 1.82) is 0 Å². The van der Waals surface area contributed by atoms with Gasteiger partial charge in [0.2, 0.25) is 0 Å². The van der Waals surface area contributed by atoms with Crippen molar-refractivity contribution in [1.82, 2.24) is 29.4 Å². The van der Waals surface area contributed by atoms with Gasteiger partial charge in [-0.05, 0) is 45.4 Å². The van der Waals surface area contributed by atoms with Crippen LogP contribution in [0.4, 0.5) is 0 Å². The average molecular weight is 371 g/mol. The fraction of sp³-hybridized carbons (Fsp3) is 0.684. The van der Waals surface area contributed by atoms with E-state index in [0.717, 1.165) is 57.4 Å². The summed E-state index contributed by atoms with van der Waals surface area (Å²) in [6.45, 7) is 4.49. The van der Waals surface area contributed by atoms with Crippen LogP contribution in [0.2, 0.25) is 0 Å². The van der Waals surface area contributed by atoms with Gasteiger partial charge in [0.15, 0.2) is 5.69 Å². The van der Waals surface area contributed by atoms with Gasteiger partial charge in [0, 0.05) is 44.0 Å². The summed E-state index contributed by atoms with van der Waals surface area (Å²) in [5.41, 5.74) is 6.44. The van der Waals surface area contributed by atoms with E-state index in [0.29, 0.717) is 24.3 Å². The molecule has 1 aliphatic heterocycles. The zero-order valence-corrected chi connectivity index (χ0v) is 16.0. The summed E-state index contributed by atoms with van der Waals surface area (Å²) in [6.07, 6.45) is 11.8. The third kappa shape index (κ3) is 3.76. The molecule has 2 aromatic rings. The summed E-state index contributed by atoms with van der Waals surface area (Å²) < 4.78 is 4.03. The first-order chi connectivity index (χ1) is 13.2. The SMILES string of the molecule is CCn1ccnc1[C@H]1CCCN(C(=O)c2cn(C3CCC(N)CC3)nn2)C1. The van der Waals surface area contributed by atoms with Crippen LogP contribution in [-0.2, 0) is 6.54 Å². The molecule has 0 unspecified atom stereocenters. The number of carbonyl (C=O) groups is 1. The lowest BCUT2D eigenvalue weighted by atomic mass is 9.92. The minimum Gasteiger partial charge on any atom is -0.336 e. The number of amides is 1. The molecule has 1 atom stereocenters. The quantitative estimate of drug-likeness (QED) is 0.886. The lowest BCUT2D eigenvalue weighted by molar-refractivity contribution is 0.0697. The van der Waals surface area contributed by atoms with Gasteiger partial charge < -0.3 is 15.2 Å². The monoisotopic (exact) mass is 371 g/mol. The second-order valence-electron chi connectivity index (χ2n) is 7.81. The second kappa shape index (κ2) is 7.80. The van der Waals surface area contributed by atoms with Gasteiger partial charge in [0.1, 0.15) is 5.82 Å². The number of likely N-dealkylation sites (tertiary alicyclic amines) is 1. The normalized spacial score (nSPS) is 26.3. The first-order valence-electron chi connectivity index (χ1n) is 10.1. The Morgan fingerprint density at radius 1 is 1.26 bits per heavy atom. The van der Waals surface area contributed by atoms with E-state index in [1.807, 2.05) is 28.2 Å². The number of carbonyl (C=O) groups excluding carboxylic acids is 1. The number of imidazole rings is 1. The molecule has 4 rings (SSSR count). The number of hydrogen-bond acceptors (Lipinski definition) is 5. The first kappa shape index (κ1) is 18.2. The van der Waals surface area contributed by atoms with Crippen LogP contribution in [0.15, 0.2) is 18.6 Å². The minimum atomic E-state index is -0.0203. The van der Waals surface area contributed by atoms with Gasteiger partial charge in [-0.1, -0.05) is 5.21 Å². The lowest BCUT2D eigenvalue weighted by Crippen LogP contribution is -2.40. The Bertz CT molecular complexity index is 775. The van der Waals surface area contributed by atoms with Crippen molar-refractivity contribution in [2.75, 3.05) is 13.1 Å². The highest BCUT2D eigenvalue weighted by atomic mass is 16.2. The molecule has 2 aromatic heterocycles. The molecule has 1 saturated heterocycles. The third-order valence-electron chi connectivity index (χ3n) is 6.01. The Morgan fingerprint density at radius 2 is 2.07 bits per heavy atom. The zero-order valence-electron chi connectivity index (χ0n) is 16.0. The number of aromatic nitrogens is 5. The topological polar surface area (TPSA) is 94.9 Å². The molecule has 8 heteroatoms. The lowest BCUT2D eigenvalue weighted by Gasteiger charge is -2.32. The van der Waals surface area contributed by atoms with Gasteiger partial charge in [-0.25, -0.2) is 9.67 Å². The van der Waals surface area contributed by atoms with Crippen LogP contribution in [0, 0.1) is 0 Å². The van der Waals surface area contributed by atoms with Crippen LogP contribution >= 0.6 is 0 Å². The molecule has 0 radical (unpaired) electrons. The molecule has 0 spiro atoms. The average Bonchev–Trinajstić information content (AvgIpc) is 3.37. The Hall–Kier alpha value is -2.22. The van der Waals surface area contributed by atoms with Gasteiger partial charge in [-0.15, -0.1) is 5.10 Å². The molecule has 1 aliphatic carbocycles. The number of hydrogen-bond donors (Lipinski definition) is 1. The van der Waals surface area contributed by atoms with Gasteiger partial charge in [0.25, 0.3) is 5.91 Å². The van der Waals surface area contributed by atoms with E-state index in [1.165, 1.54) is 0 Å². The molecular formula is C19H29N7O. The van der Waals surface area contributed by atoms with Crippen molar-refractivity contribution in [2.24, 2.45) is 5.73 Å². The van der Waals surface area contributed by atoms with Gasteiger partial charge in [0.05, 0.1) is 12.2 Å². The Morgan fingerprint density at radius 3 is 2.85 bits per heavy atom. The summed E-state index contributed by atoms with van der Waals surface area (Å²) >= 11 is 0. The van der Waals surface area contributed by atoms with E-state index in [1.54, 1.807) is 0 Å². The molecule has 8 nitrogen and oxygen atoms in total.